The normalized spacial score (nSPS) is 14.1. The van der Waals surface area contributed by atoms with Gasteiger partial charge in [0.15, 0.2) is 0 Å². The molecule has 2 heteroatoms. The fourth-order valence-corrected chi connectivity index (χ4v) is 1.37. The molecule has 0 spiro atoms. The molecular formula is C8H17FS. The topological polar surface area (TPSA) is 0 Å². The average Bonchev–Trinajstić information content (AvgIpc) is 1.82. The highest BCUT2D eigenvalue weighted by Gasteiger charge is 2.07. The van der Waals surface area contributed by atoms with Crippen LogP contribution in [-0.2, 0) is 0 Å². The lowest BCUT2D eigenvalue weighted by Gasteiger charge is -2.08. The molecule has 0 saturated heterocycles. The SMILES string of the molecule is CSCCC(F)CC(C)C. The molecule has 0 amide bonds. The van der Waals surface area contributed by atoms with Crippen molar-refractivity contribution in [1.82, 2.24) is 0 Å². The molecule has 0 aromatic rings. The average molecular weight is 164 g/mol. The summed E-state index contributed by atoms with van der Waals surface area (Å²) in [5.74, 6) is 1.45. The summed E-state index contributed by atoms with van der Waals surface area (Å²) >= 11 is 1.72. The molecule has 0 saturated carbocycles. The molecule has 0 aromatic heterocycles. The van der Waals surface area contributed by atoms with Crippen LogP contribution >= 0.6 is 11.8 Å². The van der Waals surface area contributed by atoms with Gasteiger partial charge in [0.05, 0.1) is 0 Å². The van der Waals surface area contributed by atoms with E-state index >= 15 is 0 Å². The molecule has 0 N–H and O–H groups in total. The van der Waals surface area contributed by atoms with Crippen molar-refractivity contribution in [3.05, 3.63) is 0 Å². The molecule has 62 valence electrons. The van der Waals surface area contributed by atoms with E-state index in [1.165, 1.54) is 0 Å². The maximum absolute atomic E-state index is 12.8. The molecule has 0 nitrogen and oxygen atoms in total. The van der Waals surface area contributed by atoms with Crippen LogP contribution in [0.1, 0.15) is 26.7 Å². The third-order valence-electron chi connectivity index (χ3n) is 1.36. The molecule has 0 aliphatic carbocycles. The van der Waals surface area contributed by atoms with Crippen LogP contribution < -0.4 is 0 Å². The summed E-state index contributed by atoms with van der Waals surface area (Å²) in [6.07, 6.45) is 2.88. The van der Waals surface area contributed by atoms with Crippen molar-refractivity contribution in [2.75, 3.05) is 12.0 Å². The number of rotatable bonds is 5. The van der Waals surface area contributed by atoms with Gasteiger partial charge in [-0.3, -0.25) is 0 Å². The van der Waals surface area contributed by atoms with Gasteiger partial charge in [-0.2, -0.15) is 11.8 Å². The minimum Gasteiger partial charge on any atom is -0.247 e. The first-order valence-corrected chi connectivity index (χ1v) is 5.19. The molecular weight excluding hydrogens is 147 g/mol. The third kappa shape index (κ3) is 6.40. The van der Waals surface area contributed by atoms with Crippen LogP contribution in [0, 0.1) is 5.92 Å². The van der Waals surface area contributed by atoms with Gasteiger partial charge in [-0.25, -0.2) is 4.39 Å². The van der Waals surface area contributed by atoms with Gasteiger partial charge in [0.25, 0.3) is 0 Å². The number of thioether (sulfide) groups is 1. The second-order valence-electron chi connectivity index (χ2n) is 3.01. The summed E-state index contributed by atoms with van der Waals surface area (Å²) in [4.78, 5) is 0. The van der Waals surface area contributed by atoms with Crippen LogP contribution in [0.5, 0.6) is 0 Å². The molecule has 0 bridgehead atoms. The lowest BCUT2D eigenvalue weighted by Crippen LogP contribution is -2.05. The van der Waals surface area contributed by atoms with Crippen molar-refractivity contribution >= 4 is 11.8 Å². The van der Waals surface area contributed by atoms with Gasteiger partial charge >= 0.3 is 0 Å². The van der Waals surface area contributed by atoms with Gasteiger partial charge in [-0.15, -0.1) is 0 Å². The summed E-state index contributed by atoms with van der Waals surface area (Å²) in [7, 11) is 0. The summed E-state index contributed by atoms with van der Waals surface area (Å²) in [6.45, 7) is 4.12. The zero-order chi connectivity index (χ0) is 7.98. The third-order valence-corrected chi connectivity index (χ3v) is 2.01. The van der Waals surface area contributed by atoms with Crippen molar-refractivity contribution < 1.29 is 4.39 Å². The van der Waals surface area contributed by atoms with Gasteiger partial charge in [0.1, 0.15) is 6.17 Å². The van der Waals surface area contributed by atoms with E-state index in [-0.39, 0.29) is 0 Å². The zero-order valence-electron chi connectivity index (χ0n) is 7.06. The summed E-state index contributed by atoms with van der Waals surface area (Å²) in [5.41, 5.74) is 0. The van der Waals surface area contributed by atoms with Crippen LogP contribution in [0.25, 0.3) is 0 Å². The van der Waals surface area contributed by atoms with Crippen LogP contribution in [-0.4, -0.2) is 18.2 Å². The maximum atomic E-state index is 12.8. The fraction of sp³-hybridized carbons (Fsp3) is 1.00. The van der Waals surface area contributed by atoms with Crippen molar-refractivity contribution in [3.8, 4) is 0 Å². The smallest absolute Gasteiger partial charge is 0.101 e. The van der Waals surface area contributed by atoms with E-state index in [0.29, 0.717) is 5.92 Å². The maximum Gasteiger partial charge on any atom is 0.101 e. The Morgan fingerprint density at radius 3 is 2.40 bits per heavy atom. The van der Waals surface area contributed by atoms with Crippen molar-refractivity contribution in [3.63, 3.8) is 0 Å². The number of halogens is 1. The monoisotopic (exact) mass is 164 g/mol. The van der Waals surface area contributed by atoms with Crippen LogP contribution in [0.2, 0.25) is 0 Å². The van der Waals surface area contributed by atoms with E-state index in [9.17, 15) is 4.39 Å². The van der Waals surface area contributed by atoms with E-state index < -0.39 is 6.17 Å². The molecule has 0 heterocycles. The Labute approximate surface area is 67.6 Å². The highest BCUT2D eigenvalue weighted by molar-refractivity contribution is 7.98. The highest BCUT2D eigenvalue weighted by atomic mass is 32.2. The van der Waals surface area contributed by atoms with Crippen LogP contribution in [0.3, 0.4) is 0 Å². The zero-order valence-corrected chi connectivity index (χ0v) is 7.88. The summed E-state index contributed by atoms with van der Waals surface area (Å²) < 4.78 is 12.8. The Morgan fingerprint density at radius 2 is 2.00 bits per heavy atom. The predicted molar refractivity (Wildman–Crippen MR) is 47.4 cm³/mol. The van der Waals surface area contributed by atoms with Gasteiger partial charge in [0.2, 0.25) is 0 Å². The number of alkyl halides is 1. The van der Waals surface area contributed by atoms with Gasteiger partial charge in [0, 0.05) is 0 Å². The summed E-state index contributed by atoms with van der Waals surface area (Å²) in [6, 6.07) is 0. The largest absolute Gasteiger partial charge is 0.247 e. The minimum atomic E-state index is -0.576. The van der Waals surface area contributed by atoms with Crippen LogP contribution in [0.15, 0.2) is 0 Å². The number of hydrogen-bond acceptors (Lipinski definition) is 1. The first-order valence-electron chi connectivity index (χ1n) is 3.79. The van der Waals surface area contributed by atoms with E-state index in [0.717, 1.165) is 18.6 Å². The quantitative estimate of drug-likeness (QED) is 0.601. The second kappa shape index (κ2) is 6.02. The Hall–Kier alpha value is 0.280. The molecule has 0 rings (SSSR count). The Bertz CT molecular complexity index is 73.7. The minimum absolute atomic E-state index is 0.497. The lowest BCUT2D eigenvalue weighted by molar-refractivity contribution is 0.277. The second-order valence-corrected chi connectivity index (χ2v) is 3.99. The molecule has 0 radical (unpaired) electrons. The van der Waals surface area contributed by atoms with Gasteiger partial charge in [-0.1, -0.05) is 13.8 Å². The van der Waals surface area contributed by atoms with Crippen LogP contribution in [0.4, 0.5) is 4.39 Å². The molecule has 0 aliphatic heterocycles. The van der Waals surface area contributed by atoms with E-state index in [1.54, 1.807) is 11.8 Å². The van der Waals surface area contributed by atoms with E-state index in [1.807, 2.05) is 6.26 Å². The van der Waals surface area contributed by atoms with E-state index in [2.05, 4.69) is 13.8 Å². The Kier molecular flexibility index (Phi) is 6.19. The number of hydrogen-bond donors (Lipinski definition) is 0. The Morgan fingerprint density at radius 1 is 1.40 bits per heavy atom. The van der Waals surface area contributed by atoms with Gasteiger partial charge < -0.3 is 0 Å². The lowest BCUT2D eigenvalue weighted by atomic mass is 10.1. The molecule has 1 atom stereocenters. The fourth-order valence-electron chi connectivity index (χ4n) is 0.875. The molecule has 0 fully saturated rings. The molecule has 1 unspecified atom stereocenters. The van der Waals surface area contributed by atoms with Crippen molar-refractivity contribution in [1.29, 1.82) is 0 Å². The van der Waals surface area contributed by atoms with Crippen molar-refractivity contribution in [2.24, 2.45) is 5.92 Å². The molecule has 0 aromatic carbocycles. The van der Waals surface area contributed by atoms with Gasteiger partial charge in [-0.05, 0) is 30.8 Å². The predicted octanol–water partition coefficient (Wildman–Crippen LogP) is 3.12. The highest BCUT2D eigenvalue weighted by Crippen LogP contribution is 2.13. The molecule has 0 aliphatic rings. The Balaban J connectivity index is 3.16. The van der Waals surface area contributed by atoms with E-state index in [4.69, 9.17) is 0 Å². The summed E-state index contributed by atoms with van der Waals surface area (Å²) in [5, 5.41) is 0. The van der Waals surface area contributed by atoms with Crippen molar-refractivity contribution in [2.45, 2.75) is 32.9 Å². The standard InChI is InChI=1S/C8H17FS/c1-7(2)6-8(9)4-5-10-3/h7-8H,4-6H2,1-3H3. The molecule has 10 heavy (non-hydrogen) atoms. The first-order chi connectivity index (χ1) is 4.66. The first kappa shape index (κ1) is 10.3.